The van der Waals surface area contributed by atoms with Gasteiger partial charge in [-0.15, -0.1) is 0 Å². The van der Waals surface area contributed by atoms with Crippen molar-refractivity contribution in [3.63, 3.8) is 0 Å². The van der Waals surface area contributed by atoms with Crippen LogP contribution < -0.4 is 0 Å². The third-order valence-corrected chi connectivity index (χ3v) is 8.81. The molecule has 0 fully saturated rings. The predicted molar refractivity (Wildman–Crippen MR) is 84.7 cm³/mol. The van der Waals surface area contributed by atoms with Crippen LogP contribution in [-0.2, 0) is 18.8 Å². The Labute approximate surface area is 129 Å². The average Bonchev–Trinajstić information content (AvgIpc) is 2.32. The van der Waals surface area contributed by atoms with Crippen LogP contribution in [0.2, 0.25) is 18.1 Å². The smallest absolute Gasteiger partial charge is 0.345 e. The molecule has 1 unspecified atom stereocenters. The lowest BCUT2D eigenvalue weighted by molar-refractivity contribution is -0.172. The van der Waals surface area contributed by atoms with Crippen LogP contribution in [0.15, 0.2) is 0 Å². The van der Waals surface area contributed by atoms with Gasteiger partial charge in [-0.2, -0.15) is 0 Å². The van der Waals surface area contributed by atoms with E-state index in [0.717, 1.165) is 0 Å². The minimum absolute atomic E-state index is 0.0234. The number of esters is 1. The molecule has 0 heterocycles. The molecule has 0 aliphatic carbocycles. The first kappa shape index (κ1) is 20.1. The van der Waals surface area contributed by atoms with Crippen molar-refractivity contribution >= 4 is 20.3 Å². The van der Waals surface area contributed by atoms with Gasteiger partial charge >= 0.3 is 11.9 Å². The molecule has 21 heavy (non-hydrogen) atoms. The molecule has 0 spiro atoms. The van der Waals surface area contributed by atoms with E-state index < -0.39 is 32.5 Å². The predicted octanol–water partition coefficient (Wildman–Crippen LogP) is 3.44. The number of aliphatic carboxylic acids is 1. The second kappa shape index (κ2) is 7.40. The zero-order chi connectivity index (χ0) is 17.0. The van der Waals surface area contributed by atoms with E-state index in [4.69, 9.17) is 14.3 Å². The summed E-state index contributed by atoms with van der Waals surface area (Å²) in [6.45, 7) is 15.6. The third-order valence-electron chi connectivity index (χ3n) is 4.26. The maximum Gasteiger partial charge on any atom is 0.345 e. The summed E-state index contributed by atoms with van der Waals surface area (Å²) in [4.78, 5) is 23.3. The van der Waals surface area contributed by atoms with E-state index in [1.54, 1.807) is 13.8 Å². The summed E-state index contributed by atoms with van der Waals surface area (Å²) in [6.07, 6.45) is -1.24. The van der Waals surface area contributed by atoms with E-state index in [0.29, 0.717) is 6.42 Å². The van der Waals surface area contributed by atoms with Gasteiger partial charge in [-0.05, 0) is 31.5 Å². The highest BCUT2D eigenvalue weighted by Crippen LogP contribution is 2.37. The fraction of sp³-hybridized carbons (Fsp3) is 0.867. The Bertz CT molecular complexity index is 373. The normalized spacial score (nSPS) is 17.0. The van der Waals surface area contributed by atoms with Gasteiger partial charge in [0.25, 0.3) is 0 Å². The molecule has 3 atom stereocenters. The van der Waals surface area contributed by atoms with Crippen LogP contribution >= 0.6 is 0 Å². The van der Waals surface area contributed by atoms with Crippen molar-refractivity contribution in [2.45, 2.75) is 78.3 Å². The Hall–Kier alpha value is -0.883. The van der Waals surface area contributed by atoms with Crippen LogP contribution in [-0.4, -0.2) is 37.6 Å². The highest BCUT2D eigenvalue weighted by atomic mass is 28.4. The summed E-state index contributed by atoms with van der Waals surface area (Å²) >= 11 is 0. The van der Waals surface area contributed by atoms with Crippen molar-refractivity contribution in [1.29, 1.82) is 0 Å². The molecule has 0 amide bonds. The first-order valence-electron chi connectivity index (χ1n) is 7.44. The minimum atomic E-state index is -2.09. The molecule has 5 nitrogen and oxygen atoms in total. The van der Waals surface area contributed by atoms with Gasteiger partial charge in [0.15, 0.2) is 8.32 Å². The van der Waals surface area contributed by atoms with Crippen molar-refractivity contribution in [1.82, 2.24) is 0 Å². The van der Waals surface area contributed by atoms with Gasteiger partial charge in [-0.25, -0.2) is 9.59 Å². The summed E-state index contributed by atoms with van der Waals surface area (Å²) in [6, 6.07) is 0. The van der Waals surface area contributed by atoms with Gasteiger partial charge in [-0.3, -0.25) is 0 Å². The van der Waals surface area contributed by atoms with E-state index >= 15 is 0 Å². The van der Waals surface area contributed by atoms with Crippen LogP contribution in [0.3, 0.4) is 0 Å². The van der Waals surface area contributed by atoms with Crippen molar-refractivity contribution in [3.8, 4) is 0 Å². The molecule has 0 rings (SSSR count). The topological polar surface area (TPSA) is 72.8 Å². The summed E-state index contributed by atoms with van der Waals surface area (Å²) in [7, 11) is -2.09. The molecule has 0 saturated carbocycles. The van der Waals surface area contributed by atoms with Crippen LogP contribution in [0, 0.1) is 5.92 Å². The monoisotopic (exact) mass is 318 g/mol. The largest absolute Gasteiger partial charge is 0.478 e. The molecular weight excluding hydrogens is 288 g/mol. The number of rotatable bonds is 7. The second-order valence-corrected chi connectivity index (χ2v) is 11.9. The Balaban J connectivity index is 4.83. The van der Waals surface area contributed by atoms with Crippen molar-refractivity contribution in [3.05, 3.63) is 0 Å². The van der Waals surface area contributed by atoms with Crippen molar-refractivity contribution in [2.24, 2.45) is 5.92 Å². The van der Waals surface area contributed by atoms with Crippen LogP contribution in [0.1, 0.15) is 48.0 Å². The summed E-state index contributed by atoms with van der Waals surface area (Å²) in [5.41, 5.74) is 0. The molecule has 0 aliphatic rings. The van der Waals surface area contributed by atoms with Crippen LogP contribution in [0.4, 0.5) is 0 Å². The maximum atomic E-state index is 12.1. The number of hydrogen-bond acceptors (Lipinski definition) is 4. The van der Waals surface area contributed by atoms with Gasteiger partial charge in [-0.1, -0.05) is 34.6 Å². The summed E-state index contributed by atoms with van der Waals surface area (Å²) in [5, 5.41) is 9.13. The van der Waals surface area contributed by atoms with E-state index in [1.807, 2.05) is 20.0 Å². The highest BCUT2D eigenvalue weighted by molar-refractivity contribution is 6.74. The fourth-order valence-electron chi connectivity index (χ4n) is 1.51. The standard InChI is InChI=1S/C15H30O5Si/c1-9-10(2)12(13(16)17)19-14(18)11(3)20-21(7,8)15(4,5)6/h10-12H,9H2,1-8H3,(H,16,17)/t10?,11-,12-/m0/s1. The Morgan fingerprint density at radius 1 is 1.19 bits per heavy atom. The van der Waals surface area contributed by atoms with Gasteiger partial charge in [0.05, 0.1) is 0 Å². The molecule has 0 aromatic rings. The molecule has 0 aromatic heterocycles. The van der Waals surface area contributed by atoms with Gasteiger partial charge in [0.2, 0.25) is 6.10 Å². The Kier molecular flexibility index (Phi) is 7.09. The SMILES string of the molecule is CCC(C)[C@H](OC(=O)[C@H](C)O[Si](C)(C)C(C)(C)C)C(=O)O. The van der Waals surface area contributed by atoms with Gasteiger partial charge in [0.1, 0.15) is 6.10 Å². The molecule has 0 bridgehead atoms. The number of carbonyl (C=O) groups is 2. The van der Waals surface area contributed by atoms with Crippen molar-refractivity contribution in [2.75, 3.05) is 0 Å². The zero-order valence-electron chi connectivity index (χ0n) is 14.5. The summed E-state index contributed by atoms with van der Waals surface area (Å²) in [5.74, 6) is -1.95. The molecule has 6 heteroatoms. The first-order chi connectivity index (χ1) is 9.33. The van der Waals surface area contributed by atoms with E-state index in [-0.39, 0.29) is 11.0 Å². The lowest BCUT2D eigenvalue weighted by Gasteiger charge is -2.38. The number of carboxylic acid groups (broad SMARTS) is 1. The van der Waals surface area contributed by atoms with Crippen molar-refractivity contribution < 1.29 is 23.9 Å². The molecule has 0 saturated heterocycles. The first-order valence-corrected chi connectivity index (χ1v) is 10.4. The number of carbonyl (C=O) groups excluding carboxylic acids is 1. The second-order valence-electron chi connectivity index (χ2n) is 7.10. The fourth-order valence-corrected chi connectivity index (χ4v) is 2.85. The zero-order valence-corrected chi connectivity index (χ0v) is 15.5. The van der Waals surface area contributed by atoms with E-state index in [1.165, 1.54) is 0 Å². The average molecular weight is 318 g/mol. The molecule has 0 aromatic carbocycles. The third kappa shape index (κ3) is 5.78. The van der Waals surface area contributed by atoms with Crippen LogP contribution in [0.25, 0.3) is 0 Å². The summed E-state index contributed by atoms with van der Waals surface area (Å²) < 4.78 is 11.1. The lowest BCUT2D eigenvalue weighted by atomic mass is 10.0. The quantitative estimate of drug-likeness (QED) is 0.575. The molecule has 124 valence electrons. The van der Waals surface area contributed by atoms with Crippen LogP contribution in [0.5, 0.6) is 0 Å². The molecule has 0 aliphatic heterocycles. The Morgan fingerprint density at radius 2 is 1.67 bits per heavy atom. The molecule has 0 radical (unpaired) electrons. The number of carboxylic acids is 1. The molecule has 1 N–H and O–H groups in total. The number of hydrogen-bond donors (Lipinski definition) is 1. The van der Waals surface area contributed by atoms with E-state index in [9.17, 15) is 9.59 Å². The molecular formula is C15H30O5Si. The van der Waals surface area contributed by atoms with E-state index in [2.05, 4.69) is 20.8 Å². The highest BCUT2D eigenvalue weighted by Gasteiger charge is 2.40. The maximum absolute atomic E-state index is 12.1. The Morgan fingerprint density at radius 3 is 2.00 bits per heavy atom. The lowest BCUT2D eigenvalue weighted by Crippen LogP contribution is -2.46. The minimum Gasteiger partial charge on any atom is -0.478 e. The van der Waals surface area contributed by atoms with Gasteiger partial charge < -0.3 is 14.3 Å². The number of ether oxygens (including phenoxy) is 1. The van der Waals surface area contributed by atoms with Gasteiger partial charge in [0, 0.05) is 5.92 Å².